The number of benzene rings is 1. The smallest absolute Gasteiger partial charge is 0.261 e. The summed E-state index contributed by atoms with van der Waals surface area (Å²) in [5.74, 6) is -0.112. The maximum absolute atomic E-state index is 12.1. The molecule has 0 radical (unpaired) electrons. The lowest BCUT2D eigenvalue weighted by atomic mass is 10.2. The molecule has 0 bridgehead atoms. The van der Waals surface area contributed by atoms with Crippen molar-refractivity contribution in [3.8, 4) is 0 Å². The molecule has 0 atom stereocenters. The molecule has 0 aliphatic rings. The van der Waals surface area contributed by atoms with Gasteiger partial charge in [-0.3, -0.25) is 9.89 Å². The van der Waals surface area contributed by atoms with Gasteiger partial charge >= 0.3 is 0 Å². The molecule has 1 aromatic heterocycles. The number of nitrogens with one attached hydrogen (secondary N) is 2. The molecule has 0 aliphatic heterocycles. The Labute approximate surface area is 120 Å². The van der Waals surface area contributed by atoms with Crippen molar-refractivity contribution in [3.05, 3.63) is 38.4 Å². The lowest BCUT2D eigenvalue weighted by Gasteiger charge is -2.09. The standard InChI is InChI=1S/C11H10Br2N4O/c1-5-8(10(14)17-16-5)11(18)15-9-6(12)3-2-4-7(9)13/h2-4H,1H3,(H,15,18)(H3,14,16,17). The van der Waals surface area contributed by atoms with Crippen LogP contribution in [0.15, 0.2) is 27.1 Å². The largest absolute Gasteiger partial charge is 0.382 e. The summed E-state index contributed by atoms with van der Waals surface area (Å²) in [6.45, 7) is 1.74. The van der Waals surface area contributed by atoms with Crippen LogP contribution in [0.1, 0.15) is 16.1 Å². The number of aromatic amines is 1. The summed E-state index contributed by atoms with van der Waals surface area (Å²) in [5, 5.41) is 9.26. The number of nitrogen functional groups attached to an aromatic ring is 1. The highest BCUT2D eigenvalue weighted by atomic mass is 79.9. The number of para-hydroxylation sites is 1. The van der Waals surface area contributed by atoms with E-state index in [1.54, 1.807) is 6.92 Å². The van der Waals surface area contributed by atoms with E-state index in [4.69, 9.17) is 5.73 Å². The molecule has 0 aliphatic carbocycles. The fourth-order valence-corrected chi connectivity index (χ4v) is 2.72. The number of carbonyl (C=O) groups excluding carboxylic acids is 1. The van der Waals surface area contributed by atoms with Crippen molar-refractivity contribution in [3.63, 3.8) is 0 Å². The zero-order valence-electron chi connectivity index (χ0n) is 9.42. The van der Waals surface area contributed by atoms with Crippen molar-refractivity contribution < 1.29 is 4.79 Å². The van der Waals surface area contributed by atoms with E-state index in [0.717, 1.165) is 8.95 Å². The Morgan fingerprint density at radius 1 is 1.39 bits per heavy atom. The van der Waals surface area contributed by atoms with Crippen molar-refractivity contribution in [1.29, 1.82) is 0 Å². The summed E-state index contributed by atoms with van der Waals surface area (Å²) in [7, 11) is 0. The van der Waals surface area contributed by atoms with Gasteiger partial charge < -0.3 is 11.1 Å². The van der Waals surface area contributed by atoms with E-state index in [1.165, 1.54) is 0 Å². The van der Waals surface area contributed by atoms with E-state index in [2.05, 4.69) is 47.4 Å². The van der Waals surface area contributed by atoms with E-state index in [1.807, 2.05) is 18.2 Å². The van der Waals surface area contributed by atoms with E-state index < -0.39 is 0 Å². The lowest BCUT2D eigenvalue weighted by molar-refractivity contribution is 0.102. The van der Waals surface area contributed by atoms with Crippen LogP contribution in [0.3, 0.4) is 0 Å². The van der Waals surface area contributed by atoms with E-state index in [0.29, 0.717) is 16.9 Å². The van der Waals surface area contributed by atoms with Gasteiger partial charge in [0.05, 0.1) is 5.69 Å². The Kier molecular flexibility index (Phi) is 3.72. The molecule has 0 fully saturated rings. The second kappa shape index (κ2) is 5.11. The number of nitrogens with zero attached hydrogens (tertiary/aromatic N) is 1. The second-order valence-electron chi connectivity index (χ2n) is 3.66. The first-order valence-electron chi connectivity index (χ1n) is 5.06. The highest BCUT2D eigenvalue weighted by Crippen LogP contribution is 2.31. The van der Waals surface area contributed by atoms with Gasteiger partial charge in [-0.25, -0.2) is 0 Å². The van der Waals surface area contributed by atoms with E-state index in [-0.39, 0.29) is 11.7 Å². The van der Waals surface area contributed by atoms with Crippen LogP contribution >= 0.6 is 31.9 Å². The number of halogens is 2. The zero-order chi connectivity index (χ0) is 13.3. The Bertz CT molecular complexity index is 569. The van der Waals surface area contributed by atoms with Gasteiger partial charge in [0.2, 0.25) is 0 Å². The Morgan fingerprint density at radius 3 is 2.50 bits per heavy atom. The minimum absolute atomic E-state index is 0.188. The average Bonchev–Trinajstić information content (AvgIpc) is 2.64. The van der Waals surface area contributed by atoms with Gasteiger partial charge in [-0.2, -0.15) is 5.10 Å². The zero-order valence-corrected chi connectivity index (χ0v) is 12.6. The van der Waals surface area contributed by atoms with Crippen LogP contribution in [0.2, 0.25) is 0 Å². The first kappa shape index (κ1) is 13.1. The van der Waals surface area contributed by atoms with Crippen LogP contribution in [0.4, 0.5) is 11.5 Å². The number of aromatic nitrogens is 2. The predicted octanol–water partition coefficient (Wildman–Crippen LogP) is 3.08. The van der Waals surface area contributed by atoms with Gasteiger partial charge in [0.15, 0.2) is 5.82 Å². The molecule has 0 unspecified atom stereocenters. The molecule has 0 spiro atoms. The Balaban J connectivity index is 2.33. The van der Waals surface area contributed by atoms with Crippen molar-refractivity contribution in [2.75, 3.05) is 11.1 Å². The predicted molar refractivity (Wildman–Crippen MR) is 77.5 cm³/mol. The number of nitrogens with two attached hydrogens (primary N) is 1. The number of carbonyl (C=O) groups is 1. The summed E-state index contributed by atoms with van der Waals surface area (Å²) < 4.78 is 1.56. The van der Waals surface area contributed by atoms with Gasteiger partial charge in [0.25, 0.3) is 5.91 Å². The van der Waals surface area contributed by atoms with Crippen LogP contribution in [-0.4, -0.2) is 16.1 Å². The minimum Gasteiger partial charge on any atom is -0.382 e. The molecule has 7 heteroatoms. The number of rotatable bonds is 2. The van der Waals surface area contributed by atoms with Crippen molar-refractivity contribution in [1.82, 2.24) is 10.2 Å². The van der Waals surface area contributed by atoms with Gasteiger partial charge in [-0.15, -0.1) is 0 Å². The molecule has 5 nitrogen and oxygen atoms in total. The molecule has 1 amide bonds. The molecule has 4 N–H and O–H groups in total. The number of aryl methyl sites for hydroxylation is 1. The van der Waals surface area contributed by atoms with Gasteiger partial charge in [-0.1, -0.05) is 6.07 Å². The molecular weight excluding hydrogens is 364 g/mol. The normalized spacial score (nSPS) is 10.4. The summed E-state index contributed by atoms with van der Waals surface area (Å²) in [4.78, 5) is 12.1. The fourth-order valence-electron chi connectivity index (χ4n) is 1.53. The monoisotopic (exact) mass is 372 g/mol. The second-order valence-corrected chi connectivity index (χ2v) is 5.37. The van der Waals surface area contributed by atoms with Crippen LogP contribution < -0.4 is 11.1 Å². The quantitative estimate of drug-likeness (QED) is 0.756. The average molecular weight is 374 g/mol. The molecule has 1 aromatic carbocycles. The maximum atomic E-state index is 12.1. The highest BCUT2D eigenvalue weighted by molar-refractivity contribution is 9.11. The van der Waals surface area contributed by atoms with E-state index >= 15 is 0 Å². The fraction of sp³-hybridized carbons (Fsp3) is 0.0909. The molecular formula is C11H10Br2N4O. The third kappa shape index (κ3) is 2.41. The van der Waals surface area contributed by atoms with Crippen molar-refractivity contribution >= 4 is 49.3 Å². The first-order valence-corrected chi connectivity index (χ1v) is 6.65. The SMILES string of the molecule is Cc1[nH]nc(N)c1C(=O)Nc1c(Br)cccc1Br. The highest BCUT2D eigenvalue weighted by Gasteiger charge is 2.18. The summed E-state index contributed by atoms with van der Waals surface area (Å²) in [5.41, 5.74) is 7.29. The molecule has 2 aromatic rings. The number of hydrogen-bond donors (Lipinski definition) is 3. The van der Waals surface area contributed by atoms with Gasteiger partial charge in [-0.05, 0) is 50.9 Å². The Hall–Kier alpha value is -1.34. The number of anilines is 2. The Morgan fingerprint density at radius 2 is 2.00 bits per heavy atom. The van der Waals surface area contributed by atoms with Gasteiger partial charge in [0.1, 0.15) is 5.56 Å². The van der Waals surface area contributed by atoms with Crippen LogP contribution in [0.5, 0.6) is 0 Å². The number of hydrogen-bond acceptors (Lipinski definition) is 3. The van der Waals surface area contributed by atoms with Crippen LogP contribution in [0.25, 0.3) is 0 Å². The molecule has 94 valence electrons. The number of amides is 1. The first-order chi connectivity index (χ1) is 8.50. The number of H-pyrrole nitrogens is 1. The van der Waals surface area contributed by atoms with Crippen LogP contribution in [-0.2, 0) is 0 Å². The lowest BCUT2D eigenvalue weighted by Crippen LogP contribution is -2.15. The third-order valence-corrected chi connectivity index (χ3v) is 3.73. The summed E-state index contributed by atoms with van der Waals surface area (Å²) in [6, 6.07) is 5.54. The molecule has 1 heterocycles. The molecule has 2 rings (SSSR count). The summed E-state index contributed by atoms with van der Waals surface area (Å²) in [6.07, 6.45) is 0. The third-order valence-electron chi connectivity index (χ3n) is 2.40. The summed E-state index contributed by atoms with van der Waals surface area (Å²) >= 11 is 6.75. The van der Waals surface area contributed by atoms with Gasteiger partial charge in [0, 0.05) is 14.6 Å². The molecule has 18 heavy (non-hydrogen) atoms. The molecule has 0 saturated heterocycles. The maximum Gasteiger partial charge on any atom is 0.261 e. The van der Waals surface area contributed by atoms with Crippen molar-refractivity contribution in [2.45, 2.75) is 6.92 Å². The van der Waals surface area contributed by atoms with Crippen molar-refractivity contribution in [2.24, 2.45) is 0 Å². The minimum atomic E-state index is -0.300. The van der Waals surface area contributed by atoms with Crippen LogP contribution in [0, 0.1) is 6.92 Å². The van der Waals surface area contributed by atoms with E-state index in [9.17, 15) is 4.79 Å². The molecule has 0 saturated carbocycles. The topological polar surface area (TPSA) is 83.8 Å².